The normalized spacial score (nSPS) is 11.0. The fourth-order valence-electron chi connectivity index (χ4n) is 2.19. The van der Waals surface area contributed by atoms with Crippen molar-refractivity contribution in [3.8, 4) is 11.5 Å². The molecular formula is C18H20N2O4. The summed E-state index contributed by atoms with van der Waals surface area (Å²) in [4.78, 5) is 17.3. The quantitative estimate of drug-likeness (QED) is 0.650. The van der Waals surface area contributed by atoms with Gasteiger partial charge in [-0.15, -0.1) is 0 Å². The van der Waals surface area contributed by atoms with E-state index in [-0.39, 0.29) is 6.54 Å². The van der Waals surface area contributed by atoms with Crippen molar-refractivity contribution in [3.05, 3.63) is 48.5 Å². The lowest BCUT2D eigenvalue weighted by Gasteiger charge is -2.22. The average Bonchev–Trinajstić information content (AvgIpc) is 2.60. The van der Waals surface area contributed by atoms with Gasteiger partial charge in [0, 0.05) is 5.69 Å². The molecule has 0 aliphatic rings. The van der Waals surface area contributed by atoms with Gasteiger partial charge in [-0.2, -0.15) is 0 Å². The lowest BCUT2D eigenvalue weighted by molar-refractivity contribution is -0.135. The summed E-state index contributed by atoms with van der Waals surface area (Å²) in [6.07, 6.45) is 0. The number of anilines is 1. The molecular weight excluding hydrogens is 308 g/mol. The van der Waals surface area contributed by atoms with Crippen LogP contribution < -0.4 is 14.4 Å². The number of methoxy groups -OCH3 is 2. The topological polar surface area (TPSA) is 71.4 Å². The summed E-state index contributed by atoms with van der Waals surface area (Å²) in [6.45, 7) is 1.59. The average molecular weight is 328 g/mol. The molecule has 0 aliphatic heterocycles. The Hall–Kier alpha value is -3.02. The largest absolute Gasteiger partial charge is 0.497 e. The molecule has 0 saturated heterocycles. The second-order valence-electron chi connectivity index (χ2n) is 5.03. The van der Waals surface area contributed by atoms with Crippen LogP contribution in [-0.2, 0) is 4.79 Å². The molecule has 0 spiro atoms. The molecule has 6 nitrogen and oxygen atoms in total. The van der Waals surface area contributed by atoms with Gasteiger partial charge < -0.3 is 19.5 Å². The van der Waals surface area contributed by atoms with Crippen molar-refractivity contribution in [2.45, 2.75) is 6.92 Å². The molecule has 24 heavy (non-hydrogen) atoms. The number of ether oxygens (including phenoxy) is 2. The highest BCUT2D eigenvalue weighted by Gasteiger charge is 2.14. The number of aliphatic carboxylic acids is 1. The first-order valence-corrected chi connectivity index (χ1v) is 7.36. The fraction of sp³-hybridized carbons (Fsp3) is 0.222. The van der Waals surface area contributed by atoms with E-state index in [1.807, 2.05) is 12.1 Å². The highest BCUT2D eigenvalue weighted by molar-refractivity contribution is 6.00. The molecule has 0 aliphatic carbocycles. The number of aliphatic imine (C=N–C) groups is 1. The number of nitrogens with zero attached hydrogens (tertiary/aromatic N) is 2. The van der Waals surface area contributed by atoms with E-state index in [1.165, 1.54) is 0 Å². The first-order chi connectivity index (χ1) is 11.5. The zero-order chi connectivity index (χ0) is 17.5. The maximum absolute atomic E-state index is 11.2. The van der Waals surface area contributed by atoms with Gasteiger partial charge in [0.1, 0.15) is 23.9 Å². The van der Waals surface area contributed by atoms with Gasteiger partial charge in [-0.25, -0.2) is 4.99 Å². The molecule has 0 atom stereocenters. The van der Waals surface area contributed by atoms with Gasteiger partial charge in [-0.3, -0.25) is 4.79 Å². The Morgan fingerprint density at radius 3 is 1.96 bits per heavy atom. The minimum Gasteiger partial charge on any atom is -0.497 e. The lowest BCUT2D eigenvalue weighted by atomic mass is 10.2. The Balaban J connectivity index is 2.30. The number of hydrogen-bond acceptors (Lipinski definition) is 4. The summed E-state index contributed by atoms with van der Waals surface area (Å²) in [6, 6.07) is 14.4. The minimum atomic E-state index is -0.935. The Morgan fingerprint density at radius 1 is 1.00 bits per heavy atom. The van der Waals surface area contributed by atoms with Gasteiger partial charge in [0.05, 0.1) is 19.9 Å². The van der Waals surface area contributed by atoms with Crippen LogP contribution >= 0.6 is 0 Å². The molecule has 0 saturated carbocycles. The van der Waals surface area contributed by atoms with Crippen molar-refractivity contribution < 1.29 is 19.4 Å². The third-order valence-corrected chi connectivity index (χ3v) is 3.43. The van der Waals surface area contributed by atoms with Crippen molar-refractivity contribution in [2.75, 3.05) is 25.7 Å². The van der Waals surface area contributed by atoms with Crippen LogP contribution in [0.25, 0.3) is 0 Å². The second kappa shape index (κ2) is 8.01. The second-order valence-corrected chi connectivity index (χ2v) is 5.03. The molecule has 0 fully saturated rings. The van der Waals surface area contributed by atoms with Crippen LogP contribution in [0.15, 0.2) is 53.5 Å². The summed E-state index contributed by atoms with van der Waals surface area (Å²) in [5.41, 5.74) is 1.45. The molecule has 126 valence electrons. The molecule has 0 heterocycles. The molecule has 0 unspecified atom stereocenters. The summed E-state index contributed by atoms with van der Waals surface area (Å²) in [5.74, 6) is 1.09. The van der Waals surface area contributed by atoms with Crippen molar-refractivity contribution in [1.82, 2.24) is 0 Å². The Bertz CT molecular complexity index is 709. The van der Waals surface area contributed by atoms with Crippen LogP contribution in [0.3, 0.4) is 0 Å². The molecule has 2 aromatic rings. The van der Waals surface area contributed by atoms with E-state index >= 15 is 0 Å². The number of benzene rings is 2. The summed E-state index contributed by atoms with van der Waals surface area (Å²) in [7, 11) is 3.18. The SMILES string of the molecule is COc1ccc(N=C(C)N(CC(=O)O)c2ccc(OC)cc2)cc1. The number of hydrogen-bond donors (Lipinski definition) is 1. The van der Waals surface area contributed by atoms with Crippen LogP contribution in [0.2, 0.25) is 0 Å². The molecule has 2 rings (SSSR count). The number of carbonyl (C=O) groups is 1. The van der Waals surface area contributed by atoms with E-state index in [9.17, 15) is 9.90 Å². The van der Waals surface area contributed by atoms with Gasteiger partial charge in [-0.1, -0.05) is 0 Å². The van der Waals surface area contributed by atoms with E-state index in [0.717, 1.165) is 17.1 Å². The maximum Gasteiger partial charge on any atom is 0.323 e. The summed E-state index contributed by atoms with van der Waals surface area (Å²) < 4.78 is 10.2. The molecule has 0 aromatic heterocycles. The van der Waals surface area contributed by atoms with E-state index < -0.39 is 5.97 Å². The first-order valence-electron chi connectivity index (χ1n) is 7.36. The predicted octanol–water partition coefficient (Wildman–Crippen LogP) is 3.34. The molecule has 0 bridgehead atoms. The molecule has 0 amide bonds. The van der Waals surface area contributed by atoms with Crippen molar-refractivity contribution in [1.29, 1.82) is 0 Å². The van der Waals surface area contributed by atoms with Crippen LogP contribution in [0, 0.1) is 0 Å². The number of rotatable bonds is 6. The highest BCUT2D eigenvalue weighted by Crippen LogP contribution is 2.22. The Morgan fingerprint density at radius 2 is 1.50 bits per heavy atom. The van der Waals surface area contributed by atoms with E-state index in [0.29, 0.717) is 11.6 Å². The van der Waals surface area contributed by atoms with Crippen molar-refractivity contribution >= 4 is 23.2 Å². The van der Waals surface area contributed by atoms with Gasteiger partial charge in [-0.05, 0) is 55.5 Å². The zero-order valence-electron chi connectivity index (χ0n) is 13.9. The smallest absolute Gasteiger partial charge is 0.323 e. The van der Waals surface area contributed by atoms with Gasteiger partial charge in [0.15, 0.2) is 0 Å². The lowest BCUT2D eigenvalue weighted by Crippen LogP contribution is -2.33. The van der Waals surface area contributed by atoms with Gasteiger partial charge in [0.2, 0.25) is 0 Å². The highest BCUT2D eigenvalue weighted by atomic mass is 16.5. The number of amidine groups is 1. The van der Waals surface area contributed by atoms with Crippen LogP contribution in [0.1, 0.15) is 6.92 Å². The van der Waals surface area contributed by atoms with Crippen LogP contribution in [-0.4, -0.2) is 37.7 Å². The first kappa shape index (κ1) is 17.3. The van der Waals surface area contributed by atoms with Crippen molar-refractivity contribution in [2.24, 2.45) is 4.99 Å². The molecule has 1 N–H and O–H groups in total. The molecule has 2 aromatic carbocycles. The Labute approximate surface area is 141 Å². The monoisotopic (exact) mass is 328 g/mol. The van der Waals surface area contributed by atoms with Gasteiger partial charge >= 0.3 is 5.97 Å². The van der Waals surface area contributed by atoms with Crippen LogP contribution in [0.4, 0.5) is 11.4 Å². The third-order valence-electron chi connectivity index (χ3n) is 3.43. The fourth-order valence-corrected chi connectivity index (χ4v) is 2.19. The number of carboxylic acid groups (broad SMARTS) is 1. The molecule has 6 heteroatoms. The summed E-state index contributed by atoms with van der Waals surface area (Å²) >= 11 is 0. The maximum atomic E-state index is 11.2. The van der Waals surface area contributed by atoms with Crippen LogP contribution in [0.5, 0.6) is 11.5 Å². The van der Waals surface area contributed by atoms with E-state index in [1.54, 1.807) is 62.4 Å². The predicted molar refractivity (Wildman–Crippen MR) is 93.7 cm³/mol. The third kappa shape index (κ3) is 4.49. The van der Waals surface area contributed by atoms with E-state index in [2.05, 4.69) is 4.99 Å². The van der Waals surface area contributed by atoms with Crippen molar-refractivity contribution in [3.63, 3.8) is 0 Å². The minimum absolute atomic E-state index is 0.183. The van der Waals surface area contributed by atoms with E-state index in [4.69, 9.17) is 9.47 Å². The summed E-state index contributed by atoms with van der Waals surface area (Å²) in [5, 5.41) is 9.19. The number of carboxylic acids is 1. The Kier molecular flexibility index (Phi) is 5.78. The zero-order valence-corrected chi connectivity index (χ0v) is 13.9. The molecule has 0 radical (unpaired) electrons. The van der Waals surface area contributed by atoms with Gasteiger partial charge in [0.25, 0.3) is 0 Å². The standard InChI is InChI=1S/C18H20N2O4/c1-13(19-14-4-8-16(23-2)9-5-14)20(12-18(21)22)15-6-10-17(24-3)11-7-15/h4-11H,12H2,1-3H3,(H,21,22).